The van der Waals surface area contributed by atoms with E-state index in [-0.39, 0.29) is 23.4 Å². The lowest BCUT2D eigenvalue weighted by Gasteiger charge is -2.34. The molecule has 0 unspecified atom stereocenters. The number of thioether (sulfide) groups is 1. The minimum atomic E-state index is -0.510. The average Bonchev–Trinajstić information content (AvgIpc) is 3.67. The molecule has 210 valence electrons. The van der Waals surface area contributed by atoms with Gasteiger partial charge in [0.15, 0.2) is 10.1 Å². The van der Waals surface area contributed by atoms with Gasteiger partial charge in [-0.3, -0.25) is 14.5 Å². The quantitative estimate of drug-likeness (QED) is 0.196. The van der Waals surface area contributed by atoms with Crippen LogP contribution in [0.2, 0.25) is 0 Å². The molecule has 9 heteroatoms. The number of allylic oxidation sites excluding steroid dienone is 1. The number of amides is 1. The number of hydrogen-bond donors (Lipinski definition) is 1. The van der Waals surface area contributed by atoms with Gasteiger partial charge < -0.3 is 10.1 Å². The summed E-state index contributed by atoms with van der Waals surface area (Å²) >= 11 is 4.61. The number of ketones is 1. The van der Waals surface area contributed by atoms with Gasteiger partial charge in [0.2, 0.25) is 5.91 Å². The molecule has 1 N–H and O–H groups in total. The standard InChI is InChI=1S/C33H27N3O3S3/c1-39-22-14-12-20(13-15-22)21-17-25-31(27(37)18-21)32(29-11-6-16-40-29)36(26-9-4-2-7-23(26)34-25)30(38)19-41-33-35-24-8-3-5-10-28(24)42-33/h2-16,21,32,34H,17-19H2,1H3/t21-,32-/m1/s1. The van der Waals surface area contributed by atoms with Gasteiger partial charge in [0.05, 0.1) is 34.5 Å². The van der Waals surface area contributed by atoms with E-state index in [0.29, 0.717) is 18.4 Å². The number of para-hydroxylation sites is 3. The van der Waals surface area contributed by atoms with Crippen LogP contribution in [0.3, 0.4) is 0 Å². The number of nitrogens with one attached hydrogen (secondary N) is 1. The number of benzene rings is 3. The molecule has 0 radical (unpaired) electrons. The smallest absolute Gasteiger partial charge is 0.238 e. The molecular weight excluding hydrogens is 583 g/mol. The first kappa shape index (κ1) is 26.9. The number of fused-ring (bicyclic) bond motifs is 2. The van der Waals surface area contributed by atoms with Crippen molar-refractivity contribution in [2.75, 3.05) is 23.1 Å². The molecule has 0 spiro atoms. The molecule has 3 heterocycles. The van der Waals surface area contributed by atoms with Crippen LogP contribution in [0.5, 0.6) is 5.75 Å². The lowest BCUT2D eigenvalue weighted by molar-refractivity contribution is -0.117. The molecule has 0 saturated carbocycles. The fourth-order valence-corrected chi connectivity index (χ4v) is 8.55. The van der Waals surface area contributed by atoms with Crippen LogP contribution in [0.4, 0.5) is 11.4 Å². The molecule has 1 aliphatic carbocycles. The van der Waals surface area contributed by atoms with Crippen molar-refractivity contribution in [3.63, 3.8) is 0 Å². The first-order valence-corrected chi connectivity index (χ1v) is 16.4. The highest BCUT2D eigenvalue weighted by Crippen LogP contribution is 2.48. The molecule has 0 fully saturated rings. The molecule has 42 heavy (non-hydrogen) atoms. The number of carbonyl (C=O) groups excluding carboxylic acids is 2. The average molecular weight is 610 g/mol. The maximum absolute atomic E-state index is 14.2. The number of rotatable bonds is 6. The van der Waals surface area contributed by atoms with Gasteiger partial charge >= 0.3 is 0 Å². The third-order valence-corrected chi connectivity index (χ3v) is 10.8. The fraction of sp³-hybridized carbons (Fsp3) is 0.182. The normalized spacial score (nSPS) is 18.3. The van der Waals surface area contributed by atoms with Crippen LogP contribution in [0.1, 0.15) is 35.2 Å². The Morgan fingerprint density at radius 3 is 2.62 bits per heavy atom. The molecule has 3 aromatic carbocycles. The first-order chi connectivity index (χ1) is 20.6. The van der Waals surface area contributed by atoms with E-state index in [1.165, 1.54) is 11.8 Å². The zero-order valence-corrected chi connectivity index (χ0v) is 25.2. The van der Waals surface area contributed by atoms with Crippen LogP contribution in [0.15, 0.2) is 106 Å². The van der Waals surface area contributed by atoms with Crippen molar-refractivity contribution in [2.45, 2.75) is 29.1 Å². The van der Waals surface area contributed by atoms with Crippen LogP contribution >= 0.6 is 34.4 Å². The summed E-state index contributed by atoms with van der Waals surface area (Å²) in [6.07, 6.45) is 1.06. The summed E-state index contributed by atoms with van der Waals surface area (Å²) < 4.78 is 7.30. The number of carbonyl (C=O) groups is 2. The summed E-state index contributed by atoms with van der Waals surface area (Å²) in [5, 5.41) is 5.62. The monoisotopic (exact) mass is 609 g/mol. The van der Waals surface area contributed by atoms with Gasteiger partial charge in [-0.15, -0.1) is 22.7 Å². The second-order valence-electron chi connectivity index (χ2n) is 10.3. The van der Waals surface area contributed by atoms with Crippen LogP contribution in [-0.4, -0.2) is 29.5 Å². The molecular formula is C33H27N3O3S3. The van der Waals surface area contributed by atoms with E-state index in [0.717, 1.165) is 47.8 Å². The molecule has 2 aromatic heterocycles. The number of Topliss-reactive ketones (excluding diaryl/α,β-unsaturated/α-hetero) is 1. The second-order valence-corrected chi connectivity index (χ2v) is 13.5. The summed E-state index contributed by atoms with van der Waals surface area (Å²) in [4.78, 5) is 35.9. The Labute approximate surface area is 256 Å². The second kappa shape index (κ2) is 11.4. The third-order valence-electron chi connectivity index (χ3n) is 7.75. The molecule has 1 amide bonds. The van der Waals surface area contributed by atoms with E-state index >= 15 is 0 Å². The zero-order valence-electron chi connectivity index (χ0n) is 22.8. The summed E-state index contributed by atoms with van der Waals surface area (Å²) in [5.74, 6) is 1.03. The highest BCUT2D eigenvalue weighted by atomic mass is 32.2. The molecule has 1 aliphatic heterocycles. The molecule has 2 aliphatic rings. The van der Waals surface area contributed by atoms with Crippen molar-refractivity contribution in [1.82, 2.24) is 4.98 Å². The highest BCUT2D eigenvalue weighted by molar-refractivity contribution is 8.01. The van der Waals surface area contributed by atoms with Gasteiger partial charge in [-0.05, 0) is 65.7 Å². The van der Waals surface area contributed by atoms with Crippen molar-refractivity contribution >= 4 is 67.7 Å². The Kier molecular flexibility index (Phi) is 7.31. The van der Waals surface area contributed by atoms with Gasteiger partial charge in [0.25, 0.3) is 0 Å². The summed E-state index contributed by atoms with van der Waals surface area (Å²) in [7, 11) is 1.65. The van der Waals surface area contributed by atoms with Crippen molar-refractivity contribution < 1.29 is 14.3 Å². The highest BCUT2D eigenvalue weighted by Gasteiger charge is 2.42. The predicted octanol–water partition coefficient (Wildman–Crippen LogP) is 8.06. The van der Waals surface area contributed by atoms with Crippen LogP contribution in [-0.2, 0) is 9.59 Å². The van der Waals surface area contributed by atoms with Crippen LogP contribution in [0, 0.1) is 0 Å². The van der Waals surface area contributed by atoms with Crippen LogP contribution in [0.25, 0.3) is 10.2 Å². The maximum atomic E-state index is 14.2. The summed E-state index contributed by atoms with van der Waals surface area (Å²) in [6, 6.07) is 27.3. The van der Waals surface area contributed by atoms with Crippen molar-refractivity contribution in [3.05, 3.63) is 112 Å². The number of aromatic nitrogens is 1. The third kappa shape index (κ3) is 5.02. The van der Waals surface area contributed by atoms with E-state index in [2.05, 4.69) is 5.32 Å². The maximum Gasteiger partial charge on any atom is 0.238 e. The molecule has 6 nitrogen and oxygen atoms in total. The topological polar surface area (TPSA) is 71.5 Å². The van der Waals surface area contributed by atoms with Gasteiger partial charge in [-0.1, -0.05) is 54.2 Å². The Hall–Kier alpha value is -3.92. The Balaban J connectivity index is 1.27. The number of methoxy groups -OCH3 is 1. The van der Waals surface area contributed by atoms with Gasteiger partial charge in [-0.25, -0.2) is 4.98 Å². The number of anilines is 2. The van der Waals surface area contributed by atoms with E-state index in [4.69, 9.17) is 9.72 Å². The number of thiophene rings is 1. The largest absolute Gasteiger partial charge is 0.497 e. The SMILES string of the molecule is COc1ccc([C@H]2CC(=O)C3=C(C2)Nc2ccccc2N(C(=O)CSc2nc4ccccc4s2)[C@@H]3c2cccs2)cc1. The Bertz CT molecular complexity index is 1780. The number of hydrogen-bond acceptors (Lipinski definition) is 8. The number of ether oxygens (including phenoxy) is 1. The summed E-state index contributed by atoms with van der Waals surface area (Å²) in [6.45, 7) is 0. The fourth-order valence-electron chi connectivity index (χ4n) is 5.80. The van der Waals surface area contributed by atoms with E-state index in [9.17, 15) is 9.59 Å². The lowest BCUT2D eigenvalue weighted by Crippen LogP contribution is -2.39. The number of thiazole rings is 1. The molecule has 0 bridgehead atoms. The van der Waals surface area contributed by atoms with E-state index in [1.807, 2.05) is 95.2 Å². The molecule has 7 rings (SSSR count). The Morgan fingerprint density at radius 1 is 1.02 bits per heavy atom. The van der Waals surface area contributed by atoms with Crippen LogP contribution < -0.4 is 15.0 Å². The molecule has 2 atom stereocenters. The molecule has 0 saturated heterocycles. The minimum Gasteiger partial charge on any atom is -0.497 e. The zero-order chi connectivity index (χ0) is 28.6. The van der Waals surface area contributed by atoms with Gasteiger partial charge in [0.1, 0.15) is 11.8 Å². The number of nitrogens with zero attached hydrogens (tertiary/aromatic N) is 2. The van der Waals surface area contributed by atoms with Gasteiger partial charge in [0, 0.05) is 22.6 Å². The lowest BCUT2D eigenvalue weighted by atomic mass is 9.79. The summed E-state index contributed by atoms with van der Waals surface area (Å²) in [5.41, 5.74) is 5.19. The minimum absolute atomic E-state index is 0.0302. The van der Waals surface area contributed by atoms with E-state index in [1.54, 1.807) is 29.8 Å². The van der Waals surface area contributed by atoms with Crippen molar-refractivity contribution in [1.29, 1.82) is 0 Å². The van der Waals surface area contributed by atoms with Crippen molar-refractivity contribution in [3.8, 4) is 5.75 Å². The predicted molar refractivity (Wildman–Crippen MR) is 172 cm³/mol. The molecule has 5 aromatic rings. The van der Waals surface area contributed by atoms with Crippen molar-refractivity contribution in [2.24, 2.45) is 0 Å². The van der Waals surface area contributed by atoms with E-state index < -0.39 is 6.04 Å². The first-order valence-electron chi connectivity index (χ1n) is 13.7. The van der Waals surface area contributed by atoms with Gasteiger partial charge in [-0.2, -0.15) is 0 Å². The Morgan fingerprint density at radius 2 is 1.83 bits per heavy atom.